The van der Waals surface area contributed by atoms with E-state index < -0.39 is 5.97 Å². The van der Waals surface area contributed by atoms with E-state index in [1.54, 1.807) is 12.1 Å². The number of hydrogen-bond acceptors (Lipinski definition) is 3. The molecule has 3 rings (SSSR count). The fraction of sp³-hybridized carbons (Fsp3) is 0.562. The lowest BCUT2D eigenvalue weighted by molar-refractivity contribution is 0.0697. The Hall–Kier alpha value is -1.07. The SMILES string of the molecule is CC1CN2CCCCC2CN1c1ccc(C(=O)O)cc1Br. The number of fused-ring (bicyclic) bond motifs is 1. The molecule has 2 heterocycles. The van der Waals surface area contributed by atoms with Crippen LogP contribution < -0.4 is 4.90 Å². The summed E-state index contributed by atoms with van der Waals surface area (Å²) >= 11 is 3.55. The van der Waals surface area contributed by atoms with Gasteiger partial charge in [0, 0.05) is 29.6 Å². The van der Waals surface area contributed by atoms with Crippen molar-refractivity contribution in [3.63, 3.8) is 0 Å². The zero-order chi connectivity index (χ0) is 15.0. The average Bonchev–Trinajstić information content (AvgIpc) is 2.46. The highest BCUT2D eigenvalue weighted by Crippen LogP contribution is 2.33. The highest BCUT2D eigenvalue weighted by Gasteiger charge is 2.33. The molecule has 0 radical (unpaired) electrons. The molecular formula is C16H21BrN2O2. The molecule has 1 aromatic rings. The van der Waals surface area contributed by atoms with Crippen LogP contribution in [-0.2, 0) is 0 Å². The fourth-order valence-electron chi connectivity index (χ4n) is 3.56. The van der Waals surface area contributed by atoms with Crippen molar-refractivity contribution in [2.45, 2.75) is 38.3 Å². The maximum Gasteiger partial charge on any atom is 0.335 e. The summed E-state index contributed by atoms with van der Waals surface area (Å²) in [6.07, 6.45) is 3.91. The third kappa shape index (κ3) is 2.94. The first kappa shape index (κ1) is 14.9. The molecule has 21 heavy (non-hydrogen) atoms. The lowest BCUT2D eigenvalue weighted by Crippen LogP contribution is -2.58. The van der Waals surface area contributed by atoms with Crippen LogP contribution in [0.5, 0.6) is 0 Å². The Kier molecular flexibility index (Phi) is 4.22. The number of carboxylic acids is 1. The molecule has 0 amide bonds. The third-order valence-corrected chi connectivity index (χ3v) is 5.33. The number of hydrogen-bond donors (Lipinski definition) is 1. The van der Waals surface area contributed by atoms with Crippen molar-refractivity contribution < 1.29 is 9.90 Å². The number of anilines is 1. The number of benzene rings is 1. The zero-order valence-corrected chi connectivity index (χ0v) is 13.8. The molecule has 0 spiro atoms. The maximum absolute atomic E-state index is 11.1. The minimum Gasteiger partial charge on any atom is -0.478 e. The molecule has 2 atom stereocenters. The molecule has 2 aliphatic heterocycles. The van der Waals surface area contributed by atoms with Crippen LogP contribution in [0.15, 0.2) is 22.7 Å². The first-order chi connectivity index (χ1) is 10.1. The Balaban J connectivity index is 1.84. The number of halogens is 1. The summed E-state index contributed by atoms with van der Waals surface area (Å²) in [7, 11) is 0. The molecular weight excluding hydrogens is 332 g/mol. The van der Waals surface area contributed by atoms with Crippen molar-refractivity contribution in [3.05, 3.63) is 28.2 Å². The zero-order valence-electron chi connectivity index (χ0n) is 12.3. The summed E-state index contributed by atoms with van der Waals surface area (Å²) < 4.78 is 0.874. The average molecular weight is 353 g/mol. The normalized spacial score (nSPS) is 26.5. The van der Waals surface area contributed by atoms with Crippen molar-refractivity contribution in [1.29, 1.82) is 0 Å². The van der Waals surface area contributed by atoms with E-state index >= 15 is 0 Å². The van der Waals surface area contributed by atoms with E-state index in [1.807, 2.05) is 6.07 Å². The summed E-state index contributed by atoms with van der Waals surface area (Å²) in [4.78, 5) is 16.1. The van der Waals surface area contributed by atoms with Gasteiger partial charge in [0.2, 0.25) is 0 Å². The van der Waals surface area contributed by atoms with Crippen molar-refractivity contribution >= 4 is 27.6 Å². The molecule has 1 N–H and O–H groups in total. The predicted molar refractivity (Wildman–Crippen MR) is 87.1 cm³/mol. The van der Waals surface area contributed by atoms with Crippen LogP contribution in [0.2, 0.25) is 0 Å². The number of carboxylic acid groups (broad SMARTS) is 1. The van der Waals surface area contributed by atoms with Gasteiger partial charge in [-0.05, 0) is 60.4 Å². The number of carbonyl (C=O) groups is 1. The second kappa shape index (κ2) is 5.97. The number of nitrogens with zero attached hydrogens (tertiary/aromatic N) is 2. The topological polar surface area (TPSA) is 43.8 Å². The highest BCUT2D eigenvalue weighted by atomic mass is 79.9. The lowest BCUT2D eigenvalue weighted by atomic mass is 9.96. The lowest BCUT2D eigenvalue weighted by Gasteiger charge is -2.48. The van der Waals surface area contributed by atoms with Gasteiger partial charge in [0.25, 0.3) is 0 Å². The van der Waals surface area contributed by atoms with Crippen LogP contribution in [0, 0.1) is 0 Å². The minimum absolute atomic E-state index is 0.328. The molecule has 0 aliphatic carbocycles. The van der Waals surface area contributed by atoms with Gasteiger partial charge in [-0.3, -0.25) is 4.90 Å². The smallest absolute Gasteiger partial charge is 0.335 e. The molecule has 114 valence electrons. The first-order valence-corrected chi connectivity index (χ1v) is 8.39. The molecule has 4 nitrogen and oxygen atoms in total. The summed E-state index contributed by atoms with van der Waals surface area (Å²) in [5.41, 5.74) is 1.44. The summed E-state index contributed by atoms with van der Waals surface area (Å²) in [6, 6.07) is 6.43. The van der Waals surface area contributed by atoms with E-state index in [4.69, 9.17) is 5.11 Å². The Morgan fingerprint density at radius 3 is 2.86 bits per heavy atom. The van der Waals surface area contributed by atoms with Crippen molar-refractivity contribution in [3.8, 4) is 0 Å². The van der Waals surface area contributed by atoms with E-state index in [-0.39, 0.29) is 0 Å². The van der Waals surface area contributed by atoms with Gasteiger partial charge in [0.15, 0.2) is 0 Å². The molecule has 0 aromatic heterocycles. The van der Waals surface area contributed by atoms with Crippen LogP contribution >= 0.6 is 15.9 Å². The summed E-state index contributed by atoms with van der Waals surface area (Å²) in [5.74, 6) is -0.882. The van der Waals surface area contributed by atoms with E-state index in [2.05, 4.69) is 32.7 Å². The molecule has 0 bridgehead atoms. The van der Waals surface area contributed by atoms with Gasteiger partial charge in [-0.15, -0.1) is 0 Å². The fourth-order valence-corrected chi connectivity index (χ4v) is 4.17. The third-order valence-electron chi connectivity index (χ3n) is 4.69. The standard InChI is InChI=1S/C16H21BrN2O2/c1-11-9-18-7-3-2-4-13(18)10-19(11)15-6-5-12(16(20)21)8-14(15)17/h5-6,8,11,13H,2-4,7,9-10H2,1H3,(H,20,21). The van der Waals surface area contributed by atoms with Crippen LogP contribution in [0.25, 0.3) is 0 Å². The van der Waals surface area contributed by atoms with E-state index in [0.717, 1.165) is 23.2 Å². The van der Waals surface area contributed by atoms with Crippen LogP contribution in [0.4, 0.5) is 5.69 Å². The largest absolute Gasteiger partial charge is 0.478 e. The van der Waals surface area contributed by atoms with Gasteiger partial charge < -0.3 is 10.0 Å². The molecule has 5 heteroatoms. The van der Waals surface area contributed by atoms with Crippen LogP contribution in [-0.4, -0.2) is 47.7 Å². The Bertz CT molecular complexity index is 549. The van der Waals surface area contributed by atoms with Gasteiger partial charge in [-0.1, -0.05) is 6.42 Å². The monoisotopic (exact) mass is 352 g/mol. The number of aromatic carboxylic acids is 1. The molecule has 2 fully saturated rings. The number of piperidine rings is 1. The Labute approximate surface area is 133 Å². The van der Waals surface area contributed by atoms with Gasteiger partial charge in [-0.25, -0.2) is 4.79 Å². The summed E-state index contributed by atoms with van der Waals surface area (Å²) in [6.45, 7) is 5.61. The Morgan fingerprint density at radius 2 is 2.14 bits per heavy atom. The number of piperazine rings is 1. The molecule has 1 aromatic carbocycles. The molecule has 0 saturated carbocycles. The molecule has 2 unspecified atom stereocenters. The predicted octanol–water partition coefficient (Wildman–Crippen LogP) is 3.21. The van der Waals surface area contributed by atoms with Crippen molar-refractivity contribution in [1.82, 2.24) is 4.90 Å². The molecule has 2 saturated heterocycles. The second-order valence-corrected chi connectivity index (χ2v) is 6.97. The maximum atomic E-state index is 11.1. The van der Waals surface area contributed by atoms with Gasteiger partial charge in [0.05, 0.1) is 11.3 Å². The van der Waals surface area contributed by atoms with E-state index in [1.165, 1.54) is 25.8 Å². The number of rotatable bonds is 2. The van der Waals surface area contributed by atoms with Gasteiger partial charge >= 0.3 is 5.97 Å². The second-order valence-electron chi connectivity index (χ2n) is 6.12. The summed E-state index contributed by atoms with van der Waals surface area (Å²) in [5, 5.41) is 9.08. The van der Waals surface area contributed by atoms with Crippen molar-refractivity contribution in [2.75, 3.05) is 24.5 Å². The van der Waals surface area contributed by atoms with Crippen LogP contribution in [0.1, 0.15) is 36.5 Å². The van der Waals surface area contributed by atoms with E-state index in [0.29, 0.717) is 17.6 Å². The van der Waals surface area contributed by atoms with Crippen LogP contribution in [0.3, 0.4) is 0 Å². The minimum atomic E-state index is -0.882. The van der Waals surface area contributed by atoms with Crippen molar-refractivity contribution in [2.24, 2.45) is 0 Å². The molecule has 2 aliphatic rings. The quantitative estimate of drug-likeness (QED) is 0.887. The van der Waals surface area contributed by atoms with Gasteiger partial charge in [-0.2, -0.15) is 0 Å². The first-order valence-electron chi connectivity index (χ1n) is 7.60. The van der Waals surface area contributed by atoms with E-state index in [9.17, 15) is 4.79 Å². The van der Waals surface area contributed by atoms with Gasteiger partial charge in [0.1, 0.15) is 0 Å². The highest BCUT2D eigenvalue weighted by molar-refractivity contribution is 9.10. The Morgan fingerprint density at radius 1 is 1.33 bits per heavy atom.